The van der Waals surface area contributed by atoms with E-state index in [1.54, 1.807) is 6.92 Å². The predicted octanol–water partition coefficient (Wildman–Crippen LogP) is 5.40. The van der Waals surface area contributed by atoms with Crippen molar-refractivity contribution < 1.29 is 14.6 Å². The minimum absolute atomic E-state index is 0.214. The largest absolute Gasteiger partial charge is 0.469 e. The average molecular weight is 349 g/mol. The van der Waals surface area contributed by atoms with Gasteiger partial charge in [-0.05, 0) is 43.7 Å². The maximum absolute atomic E-state index is 12.1. The Balaban J connectivity index is 2.54. The van der Waals surface area contributed by atoms with Crippen molar-refractivity contribution in [2.75, 3.05) is 7.11 Å². The van der Waals surface area contributed by atoms with Crippen molar-refractivity contribution >= 4 is 5.97 Å². The van der Waals surface area contributed by atoms with Crippen molar-refractivity contribution in [3.8, 4) is 0 Å². The first-order valence-corrected chi connectivity index (χ1v) is 9.93. The van der Waals surface area contributed by atoms with Crippen molar-refractivity contribution in [2.45, 2.75) is 90.1 Å². The molecule has 0 heterocycles. The molecule has 0 aromatic heterocycles. The Hall–Kier alpha value is -1.35. The molecule has 2 unspecified atom stereocenters. The fraction of sp³-hybridized carbons (Fsp3) is 0.682. The molecule has 0 spiro atoms. The summed E-state index contributed by atoms with van der Waals surface area (Å²) in [6, 6.07) is 8.31. The van der Waals surface area contributed by atoms with Crippen LogP contribution in [0.1, 0.15) is 88.7 Å². The molecule has 3 nitrogen and oxygen atoms in total. The summed E-state index contributed by atoms with van der Waals surface area (Å²) in [5, 5.41) is 9.53. The highest BCUT2D eigenvalue weighted by molar-refractivity contribution is 5.78. The van der Waals surface area contributed by atoms with Crippen molar-refractivity contribution in [1.29, 1.82) is 0 Å². The molecule has 0 bridgehead atoms. The number of methoxy groups -OCH3 is 1. The Kier molecular flexibility index (Phi) is 11.2. The number of carbonyl (C=O) groups is 1. The minimum Gasteiger partial charge on any atom is -0.469 e. The monoisotopic (exact) mass is 348 g/mol. The summed E-state index contributed by atoms with van der Waals surface area (Å²) in [5.41, 5.74) is 2.30. The summed E-state index contributed by atoms with van der Waals surface area (Å²) in [6.45, 7) is 4.00. The molecule has 0 saturated heterocycles. The number of esters is 1. The van der Waals surface area contributed by atoms with Gasteiger partial charge in [0.25, 0.3) is 0 Å². The van der Waals surface area contributed by atoms with E-state index in [1.165, 1.54) is 57.6 Å². The van der Waals surface area contributed by atoms with Crippen LogP contribution in [0, 0.1) is 0 Å². The maximum Gasteiger partial charge on any atom is 0.313 e. The van der Waals surface area contributed by atoms with Crippen LogP contribution in [0.15, 0.2) is 24.3 Å². The number of aliphatic hydroxyl groups is 1. The van der Waals surface area contributed by atoms with E-state index in [2.05, 4.69) is 19.1 Å². The van der Waals surface area contributed by atoms with E-state index < -0.39 is 6.10 Å². The van der Waals surface area contributed by atoms with Gasteiger partial charge in [-0.1, -0.05) is 69.7 Å². The van der Waals surface area contributed by atoms with Gasteiger partial charge in [0.15, 0.2) is 0 Å². The standard InChI is InChI=1S/C22H36O3/c1-4-5-6-7-8-9-10-12-19-13-11-14-20(17-19)21(22(24)25-3)16-15-18(2)23/h11,13-14,17-18,21,23H,4-10,12,15-16H2,1-3H3. The van der Waals surface area contributed by atoms with Crippen LogP contribution in [0.4, 0.5) is 0 Å². The van der Waals surface area contributed by atoms with Gasteiger partial charge in [0, 0.05) is 0 Å². The number of hydrogen-bond acceptors (Lipinski definition) is 3. The van der Waals surface area contributed by atoms with E-state index in [9.17, 15) is 9.90 Å². The fourth-order valence-electron chi connectivity index (χ4n) is 3.22. The molecule has 0 aliphatic rings. The molecule has 25 heavy (non-hydrogen) atoms. The van der Waals surface area contributed by atoms with Crippen LogP contribution in [0.3, 0.4) is 0 Å². The van der Waals surface area contributed by atoms with Crippen LogP contribution < -0.4 is 0 Å². The number of hydrogen-bond donors (Lipinski definition) is 1. The summed E-state index contributed by atoms with van der Waals surface area (Å²) in [6.07, 6.45) is 11.0. The lowest BCUT2D eigenvalue weighted by Gasteiger charge is -2.17. The number of benzene rings is 1. The minimum atomic E-state index is -0.400. The molecule has 1 rings (SSSR count). The molecule has 142 valence electrons. The highest BCUT2D eigenvalue weighted by atomic mass is 16.5. The molecular weight excluding hydrogens is 312 g/mol. The third kappa shape index (κ3) is 9.06. The third-order valence-electron chi connectivity index (χ3n) is 4.78. The highest BCUT2D eigenvalue weighted by Crippen LogP contribution is 2.25. The van der Waals surface area contributed by atoms with Crippen molar-refractivity contribution in [3.05, 3.63) is 35.4 Å². The van der Waals surface area contributed by atoms with Gasteiger partial charge >= 0.3 is 5.97 Å². The maximum atomic E-state index is 12.1. The molecule has 0 fully saturated rings. The topological polar surface area (TPSA) is 46.5 Å². The lowest BCUT2D eigenvalue weighted by molar-refractivity contribution is -0.142. The van der Waals surface area contributed by atoms with Crippen LogP contribution in [0.25, 0.3) is 0 Å². The second-order valence-electron chi connectivity index (χ2n) is 7.12. The molecule has 0 aliphatic carbocycles. The summed E-state index contributed by atoms with van der Waals surface area (Å²) < 4.78 is 4.96. The Morgan fingerprint density at radius 2 is 1.76 bits per heavy atom. The lowest BCUT2D eigenvalue weighted by atomic mass is 9.91. The van der Waals surface area contributed by atoms with Gasteiger partial charge in [0.1, 0.15) is 0 Å². The third-order valence-corrected chi connectivity index (χ3v) is 4.78. The van der Waals surface area contributed by atoms with Crippen LogP contribution >= 0.6 is 0 Å². The Bertz CT molecular complexity index is 482. The number of carbonyl (C=O) groups excluding carboxylic acids is 1. The Morgan fingerprint density at radius 3 is 2.40 bits per heavy atom. The van der Waals surface area contributed by atoms with Crippen molar-refractivity contribution in [3.63, 3.8) is 0 Å². The molecule has 0 amide bonds. The SMILES string of the molecule is CCCCCCCCCc1cccc(C(CCC(C)O)C(=O)OC)c1. The zero-order valence-electron chi connectivity index (χ0n) is 16.3. The Labute approximate surface area is 153 Å². The number of unbranched alkanes of at least 4 members (excludes halogenated alkanes) is 6. The Morgan fingerprint density at radius 1 is 1.08 bits per heavy atom. The summed E-state index contributed by atoms with van der Waals surface area (Å²) in [7, 11) is 1.43. The van der Waals surface area contributed by atoms with E-state index in [0.29, 0.717) is 12.8 Å². The lowest BCUT2D eigenvalue weighted by Crippen LogP contribution is -2.16. The van der Waals surface area contributed by atoms with E-state index in [0.717, 1.165) is 12.0 Å². The van der Waals surface area contributed by atoms with Gasteiger partial charge in [0.05, 0.1) is 19.1 Å². The first-order valence-electron chi connectivity index (χ1n) is 9.93. The molecule has 1 N–H and O–H groups in total. The van der Waals surface area contributed by atoms with Crippen LogP contribution in [0.5, 0.6) is 0 Å². The normalized spacial score (nSPS) is 13.4. The van der Waals surface area contributed by atoms with Gasteiger partial charge in [-0.3, -0.25) is 4.79 Å². The molecule has 1 aromatic rings. The van der Waals surface area contributed by atoms with Gasteiger partial charge in [-0.15, -0.1) is 0 Å². The molecule has 0 saturated carbocycles. The quantitative estimate of drug-likeness (QED) is 0.383. The van der Waals surface area contributed by atoms with E-state index in [4.69, 9.17) is 4.74 Å². The molecule has 2 atom stereocenters. The summed E-state index contributed by atoms with van der Waals surface area (Å²) in [5.74, 6) is -0.498. The van der Waals surface area contributed by atoms with E-state index in [-0.39, 0.29) is 11.9 Å². The fourth-order valence-corrected chi connectivity index (χ4v) is 3.22. The molecule has 3 heteroatoms. The van der Waals surface area contributed by atoms with Gasteiger partial charge in [0.2, 0.25) is 0 Å². The number of rotatable bonds is 13. The van der Waals surface area contributed by atoms with Crippen molar-refractivity contribution in [1.82, 2.24) is 0 Å². The average Bonchev–Trinajstić information content (AvgIpc) is 2.61. The first kappa shape index (κ1) is 21.7. The zero-order chi connectivity index (χ0) is 18.5. The van der Waals surface area contributed by atoms with Crippen LogP contribution in [-0.4, -0.2) is 24.3 Å². The smallest absolute Gasteiger partial charge is 0.313 e. The number of aryl methyl sites for hydroxylation is 1. The van der Waals surface area contributed by atoms with E-state index >= 15 is 0 Å². The molecular formula is C22H36O3. The predicted molar refractivity (Wildman–Crippen MR) is 104 cm³/mol. The van der Waals surface area contributed by atoms with E-state index in [1.807, 2.05) is 12.1 Å². The molecule has 0 aliphatic heterocycles. The highest BCUT2D eigenvalue weighted by Gasteiger charge is 2.22. The van der Waals surface area contributed by atoms with Crippen LogP contribution in [-0.2, 0) is 16.0 Å². The number of aliphatic hydroxyl groups excluding tert-OH is 1. The summed E-state index contributed by atoms with van der Waals surface area (Å²) >= 11 is 0. The summed E-state index contributed by atoms with van der Waals surface area (Å²) in [4.78, 5) is 12.1. The van der Waals surface area contributed by atoms with Gasteiger partial charge in [-0.25, -0.2) is 0 Å². The zero-order valence-corrected chi connectivity index (χ0v) is 16.3. The second kappa shape index (κ2) is 12.9. The van der Waals surface area contributed by atoms with Gasteiger partial charge in [-0.2, -0.15) is 0 Å². The second-order valence-corrected chi connectivity index (χ2v) is 7.12. The van der Waals surface area contributed by atoms with Crippen molar-refractivity contribution in [2.24, 2.45) is 0 Å². The van der Waals surface area contributed by atoms with Crippen LogP contribution in [0.2, 0.25) is 0 Å². The molecule has 0 radical (unpaired) electrons. The first-order chi connectivity index (χ1) is 12.1. The van der Waals surface area contributed by atoms with Gasteiger partial charge < -0.3 is 9.84 Å². The number of ether oxygens (including phenoxy) is 1. The molecule has 1 aromatic carbocycles.